The van der Waals surface area contributed by atoms with Gasteiger partial charge in [-0.05, 0) is 81.6 Å². The quantitative estimate of drug-likeness (QED) is 0.0764. The smallest absolute Gasteiger partial charge is 0.278 e. The first-order valence-corrected chi connectivity index (χ1v) is 20.9. The fourth-order valence-corrected chi connectivity index (χ4v) is 8.06. The number of anilines is 2. The van der Waals surface area contributed by atoms with Gasteiger partial charge in [-0.15, -0.1) is 0 Å². The molecule has 11 heteroatoms. The van der Waals surface area contributed by atoms with Gasteiger partial charge < -0.3 is 19.7 Å². The minimum atomic E-state index is -4.09. The third-order valence-corrected chi connectivity index (χ3v) is 11.3. The number of methoxy groups -OCH3 is 1. The highest BCUT2D eigenvalue weighted by atomic mass is 32.2. The SMILES string of the molecule is CCCCCCCCCCCCOCCCN1C(C(=Nc2ccc(N(CC)CC)cc2C)C(=O)Nc2ccccc2OC)=Nc2ccccc2S1(=O)=O. The molecule has 1 heterocycles. The van der Waals surface area contributed by atoms with Crippen molar-refractivity contribution in [1.82, 2.24) is 4.31 Å². The van der Waals surface area contributed by atoms with Crippen molar-refractivity contribution >= 4 is 50.2 Å². The van der Waals surface area contributed by atoms with E-state index in [2.05, 4.69) is 31.0 Å². The number of para-hydroxylation sites is 3. The number of hydrogen-bond donors (Lipinski definition) is 1. The van der Waals surface area contributed by atoms with Gasteiger partial charge in [0.25, 0.3) is 15.9 Å². The molecule has 0 fully saturated rings. The van der Waals surface area contributed by atoms with E-state index in [1.54, 1.807) is 48.5 Å². The number of hydrogen-bond acceptors (Lipinski definition) is 8. The van der Waals surface area contributed by atoms with Gasteiger partial charge >= 0.3 is 0 Å². The molecule has 0 radical (unpaired) electrons. The zero-order valence-electron chi connectivity index (χ0n) is 32.4. The largest absolute Gasteiger partial charge is 0.495 e. The maximum Gasteiger partial charge on any atom is 0.278 e. The number of amides is 1. The van der Waals surface area contributed by atoms with Crippen LogP contribution in [0, 0.1) is 6.92 Å². The Kier molecular flexibility index (Phi) is 16.8. The minimum Gasteiger partial charge on any atom is -0.495 e. The second-order valence-corrected chi connectivity index (χ2v) is 15.2. The van der Waals surface area contributed by atoms with Crippen LogP contribution < -0.4 is 15.0 Å². The zero-order chi connectivity index (χ0) is 38.1. The average molecular weight is 746 g/mol. The first-order chi connectivity index (χ1) is 25.7. The van der Waals surface area contributed by atoms with E-state index in [4.69, 9.17) is 19.5 Å². The Morgan fingerprint density at radius 3 is 2.15 bits per heavy atom. The molecule has 0 aromatic heterocycles. The summed E-state index contributed by atoms with van der Waals surface area (Å²) in [5.41, 5.74) is 2.96. The van der Waals surface area contributed by atoms with E-state index in [-0.39, 0.29) is 28.7 Å². The number of carbonyl (C=O) groups is 1. The van der Waals surface area contributed by atoms with Gasteiger partial charge in [0, 0.05) is 38.5 Å². The van der Waals surface area contributed by atoms with Crippen molar-refractivity contribution in [3.63, 3.8) is 0 Å². The first-order valence-electron chi connectivity index (χ1n) is 19.4. The van der Waals surface area contributed by atoms with Gasteiger partial charge in [0.1, 0.15) is 10.6 Å². The van der Waals surface area contributed by atoms with Crippen molar-refractivity contribution in [1.29, 1.82) is 0 Å². The number of aryl methyl sites for hydroxylation is 1. The fraction of sp³-hybridized carbons (Fsp3) is 0.500. The maximum atomic E-state index is 14.3. The van der Waals surface area contributed by atoms with Crippen LogP contribution in [0.5, 0.6) is 5.75 Å². The standard InChI is InChI=1S/C42H59N5O5S/c1-6-9-10-11-12-13-14-15-16-21-30-52-31-22-29-47-41(44-37-24-18-20-26-39(37)53(47,49)50)40(42(48)45-36-23-17-19-25-38(36)51-5)43-35-28-27-34(32-33(35)4)46(7-2)8-3/h17-20,23-28,32H,6-16,21-22,29-31H2,1-5H3,(H,45,48). The molecule has 1 aliphatic heterocycles. The van der Waals surface area contributed by atoms with Gasteiger partial charge in [0.15, 0.2) is 11.5 Å². The van der Waals surface area contributed by atoms with Gasteiger partial charge in [-0.2, -0.15) is 0 Å². The second kappa shape index (κ2) is 21.5. The van der Waals surface area contributed by atoms with Crippen LogP contribution in [0.2, 0.25) is 0 Å². The number of nitrogens with zero attached hydrogens (tertiary/aromatic N) is 4. The van der Waals surface area contributed by atoms with E-state index in [1.807, 2.05) is 25.1 Å². The van der Waals surface area contributed by atoms with E-state index in [0.29, 0.717) is 36.8 Å². The van der Waals surface area contributed by atoms with Gasteiger partial charge in [-0.1, -0.05) is 89.0 Å². The van der Waals surface area contributed by atoms with E-state index >= 15 is 0 Å². The van der Waals surface area contributed by atoms with Crippen molar-refractivity contribution in [3.05, 3.63) is 72.3 Å². The predicted molar refractivity (Wildman–Crippen MR) is 218 cm³/mol. The zero-order valence-corrected chi connectivity index (χ0v) is 33.2. The van der Waals surface area contributed by atoms with E-state index in [0.717, 1.165) is 37.2 Å². The third kappa shape index (κ3) is 11.6. The summed E-state index contributed by atoms with van der Waals surface area (Å²) in [6.07, 6.45) is 12.9. The lowest BCUT2D eigenvalue weighted by molar-refractivity contribution is -0.110. The molecule has 0 atom stereocenters. The van der Waals surface area contributed by atoms with Gasteiger partial charge in [0.2, 0.25) is 0 Å². The summed E-state index contributed by atoms with van der Waals surface area (Å²) in [5, 5.41) is 2.91. The summed E-state index contributed by atoms with van der Waals surface area (Å²) >= 11 is 0. The summed E-state index contributed by atoms with van der Waals surface area (Å²) in [7, 11) is -2.56. The Balaban J connectivity index is 1.57. The summed E-state index contributed by atoms with van der Waals surface area (Å²) in [5.74, 6) is -0.199. The Morgan fingerprint density at radius 1 is 0.830 bits per heavy atom. The lowest BCUT2D eigenvalue weighted by atomic mass is 10.1. The van der Waals surface area contributed by atoms with Crippen molar-refractivity contribution in [2.45, 2.75) is 103 Å². The summed E-state index contributed by atoms with van der Waals surface area (Å²) < 4.78 is 41.2. The molecular weight excluding hydrogens is 687 g/mol. The summed E-state index contributed by atoms with van der Waals surface area (Å²) in [6.45, 7) is 11.1. The van der Waals surface area contributed by atoms with Crippen LogP contribution in [0.4, 0.5) is 22.7 Å². The molecule has 0 saturated carbocycles. The number of rotatable bonds is 23. The molecule has 0 aliphatic carbocycles. The molecule has 3 aromatic carbocycles. The van der Waals surface area contributed by atoms with E-state index < -0.39 is 15.9 Å². The highest BCUT2D eigenvalue weighted by molar-refractivity contribution is 7.90. The number of fused-ring (bicyclic) bond motifs is 1. The number of sulfonamides is 1. The molecule has 0 spiro atoms. The topological polar surface area (TPSA) is 113 Å². The molecule has 0 unspecified atom stereocenters. The normalized spacial score (nSPS) is 13.7. The number of nitrogens with one attached hydrogen (secondary N) is 1. The van der Waals surface area contributed by atoms with Crippen molar-refractivity contribution in [2.24, 2.45) is 9.98 Å². The molecule has 0 saturated heterocycles. The molecule has 1 N–H and O–H groups in total. The highest BCUT2D eigenvalue weighted by Crippen LogP contribution is 2.34. The van der Waals surface area contributed by atoms with Crippen LogP contribution >= 0.6 is 0 Å². The molecule has 10 nitrogen and oxygen atoms in total. The summed E-state index contributed by atoms with van der Waals surface area (Å²) in [4.78, 5) is 26.3. The molecule has 288 valence electrons. The Hall–Kier alpha value is -4.22. The highest BCUT2D eigenvalue weighted by Gasteiger charge is 2.38. The van der Waals surface area contributed by atoms with Crippen molar-refractivity contribution in [3.8, 4) is 5.75 Å². The molecular formula is C42H59N5O5S. The first kappa shape index (κ1) is 41.5. The Bertz CT molecular complexity index is 1790. The number of benzene rings is 3. The van der Waals surface area contributed by atoms with E-state index in [1.165, 1.54) is 62.8 Å². The van der Waals surface area contributed by atoms with Gasteiger partial charge in [-0.25, -0.2) is 22.7 Å². The van der Waals surface area contributed by atoms with Crippen molar-refractivity contribution in [2.75, 3.05) is 50.2 Å². The number of amidine groups is 1. The van der Waals surface area contributed by atoms with Crippen molar-refractivity contribution < 1.29 is 22.7 Å². The van der Waals surface area contributed by atoms with Crippen LogP contribution in [-0.4, -0.2) is 70.1 Å². The Morgan fingerprint density at radius 2 is 1.47 bits per heavy atom. The number of aliphatic imine (C=N–C) groups is 2. The lowest BCUT2D eigenvalue weighted by Gasteiger charge is -2.30. The number of carbonyl (C=O) groups excluding carboxylic acids is 1. The third-order valence-electron chi connectivity index (χ3n) is 9.51. The van der Waals surface area contributed by atoms with Gasteiger partial charge in [0.05, 0.1) is 24.2 Å². The Labute approximate surface area is 317 Å². The molecule has 4 rings (SSSR count). The van der Waals surface area contributed by atoms with Crippen LogP contribution in [0.25, 0.3) is 0 Å². The monoisotopic (exact) mass is 745 g/mol. The van der Waals surface area contributed by atoms with Crippen LogP contribution in [0.1, 0.15) is 97.0 Å². The average Bonchev–Trinajstić information content (AvgIpc) is 3.16. The number of ether oxygens (including phenoxy) is 2. The molecule has 3 aromatic rings. The fourth-order valence-electron chi connectivity index (χ4n) is 6.47. The van der Waals surface area contributed by atoms with Crippen LogP contribution in [0.15, 0.2) is 81.6 Å². The minimum absolute atomic E-state index is 0.0435. The molecule has 1 amide bonds. The van der Waals surface area contributed by atoms with Gasteiger partial charge in [-0.3, -0.25) is 4.79 Å². The molecule has 1 aliphatic rings. The second-order valence-electron chi connectivity index (χ2n) is 13.4. The van der Waals surface area contributed by atoms with Crippen LogP contribution in [-0.2, 0) is 19.6 Å². The van der Waals surface area contributed by atoms with Crippen LogP contribution in [0.3, 0.4) is 0 Å². The molecule has 53 heavy (non-hydrogen) atoms. The number of unbranched alkanes of at least 4 members (excludes halogenated alkanes) is 9. The van der Waals surface area contributed by atoms with E-state index in [9.17, 15) is 13.2 Å². The lowest BCUT2D eigenvalue weighted by Crippen LogP contribution is -2.47. The maximum absolute atomic E-state index is 14.3. The summed E-state index contributed by atoms with van der Waals surface area (Å²) in [6, 6.07) is 19.5. The molecule has 0 bridgehead atoms. The predicted octanol–water partition coefficient (Wildman–Crippen LogP) is 9.62.